The minimum absolute atomic E-state index is 0.0161. The van der Waals surface area contributed by atoms with Crippen LogP contribution in [-0.4, -0.2) is 31.7 Å². The van der Waals surface area contributed by atoms with Gasteiger partial charge < -0.3 is 5.32 Å². The number of aromatic nitrogens is 4. The molecule has 1 aromatic carbocycles. The molecule has 0 aliphatic rings. The van der Waals surface area contributed by atoms with Crippen LogP contribution in [0.25, 0.3) is 5.69 Å². The second kappa shape index (κ2) is 6.40. The number of rotatable bonds is 6. The summed E-state index contributed by atoms with van der Waals surface area (Å²) >= 11 is 0. The van der Waals surface area contributed by atoms with Crippen molar-refractivity contribution >= 4 is 5.69 Å². The molecule has 1 unspecified atom stereocenters. The minimum Gasteiger partial charge on any atom is -0.307 e. The number of hydrogen-bond acceptors (Lipinski definition) is 6. The molecule has 1 atom stereocenters. The summed E-state index contributed by atoms with van der Waals surface area (Å²) in [5.41, 5.74) is 0.734. The van der Waals surface area contributed by atoms with Crippen LogP contribution in [0.5, 0.6) is 0 Å². The molecule has 112 valence electrons. The van der Waals surface area contributed by atoms with E-state index in [0.29, 0.717) is 17.4 Å². The largest absolute Gasteiger partial charge is 0.307 e. The smallest absolute Gasteiger partial charge is 0.269 e. The van der Waals surface area contributed by atoms with E-state index in [0.717, 1.165) is 6.54 Å². The molecule has 0 aliphatic carbocycles. The zero-order chi connectivity index (χ0) is 15.4. The molecule has 1 aromatic heterocycles. The van der Waals surface area contributed by atoms with Gasteiger partial charge in [0.05, 0.1) is 16.7 Å². The van der Waals surface area contributed by atoms with Crippen molar-refractivity contribution in [2.75, 3.05) is 6.54 Å². The highest BCUT2D eigenvalue weighted by molar-refractivity contribution is 5.40. The fourth-order valence-electron chi connectivity index (χ4n) is 1.87. The van der Waals surface area contributed by atoms with Gasteiger partial charge in [-0.15, -0.1) is 5.10 Å². The Hall–Kier alpha value is -2.35. The molecule has 0 bridgehead atoms. The Kier molecular flexibility index (Phi) is 4.59. The van der Waals surface area contributed by atoms with E-state index in [-0.39, 0.29) is 11.7 Å². The number of nitrogens with one attached hydrogen (secondary N) is 1. The van der Waals surface area contributed by atoms with E-state index in [1.54, 1.807) is 16.8 Å². The molecule has 0 fully saturated rings. The molecule has 1 N–H and O–H groups in total. The van der Waals surface area contributed by atoms with E-state index < -0.39 is 4.92 Å². The van der Waals surface area contributed by atoms with Crippen LogP contribution in [0.2, 0.25) is 0 Å². The molecule has 0 saturated carbocycles. The first-order valence-electron chi connectivity index (χ1n) is 6.75. The summed E-state index contributed by atoms with van der Waals surface area (Å²) in [4.78, 5) is 10.2. The fraction of sp³-hybridized carbons (Fsp3) is 0.462. The summed E-state index contributed by atoms with van der Waals surface area (Å²) in [6.45, 7) is 7.09. The molecule has 8 heteroatoms. The lowest BCUT2D eigenvalue weighted by atomic mass is 10.2. The van der Waals surface area contributed by atoms with Gasteiger partial charge in [0.15, 0.2) is 5.82 Å². The van der Waals surface area contributed by atoms with Crippen LogP contribution in [0.1, 0.15) is 32.6 Å². The van der Waals surface area contributed by atoms with Gasteiger partial charge in [-0.25, -0.2) is 0 Å². The summed E-state index contributed by atoms with van der Waals surface area (Å²) < 4.78 is 1.59. The van der Waals surface area contributed by atoms with Crippen molar-refractivity contribution in [1.29, 1.82) is 0 Å². The SMILES string of the molecule is CC(C)CNC(C)c1nnnn1-c1ccc([N+](=O)[O-])cc1. The average molecular weight is 290 g/mol. The normalized spacial score (nSPS) is 12.6. The first-order chi connectivity index (χ1) is 9.99. The molecule has 0 spiro atoms. The lowest BCUT2D eigenvalue weighted by Gasteiger charge is -2.15. The predicted octanol–water partition coefficient (Wildman–Crippen LogP) is 1.88. The monoisotopic (exact) mass is 290 g/mol. The second-order valence-corrected chi connectivity index (χ2v) is 5.25. The van der Waals surface area contributed by atoms with E-state index in [2.05, 4.69) is 34.7 Å². The minimum atomic E-state index is -0.433. The Morgan fingerprint density at radius 3 is 2.52 bits per heavy atom. The first kappa shape index (κ1) is 15.0. The Morgan fingerprint density at radius 1 is 1.29 bits per heavy atom. The lowest BCUT2D eigenvalue weighted by molar-refractivity contribution is -0.384. The molecule has 2 aromatic rings. The van der Waals surface area contributed by atoms with Gasteiger partial charge in [-0.3, -0.25) is 10.1 Å². The van der Waals surface area contributed by atoms with Crippen LogP contribution >= 0.6 is 0 Å². The van der Waals surface area contributed by atoms with Crippen LogP contribution in [0.15, 0.2) is 24.3 Å². The second-order valence-electron chi connectivity index (χ2n) is 5.25. The molecule has 0 amide bonds. The topological polar surface area (TPSA) is 98.8 Å². The van der Waals surface area contributed by atoms with E-state index in [1.807, 2.05) is 6.92 Å². The zero-order valence-electron chi connectivity index (χ0n) is 12.2. The summed E-state index contributed by atoms with van der Waals surface area (Å²) in [5, 5.41) is 25.7. The van der Waals surface area contributed by atoms with E-state index >= 15 is 0 Å². The van der Waals surface area contributed by atoms with Gasteiger partial charge in [0.1, 0.15) is 0 Å². The number of hydrogen-bond donors (Lipinski definition) is 1. The molecule has 1 heterocycles. The molecule has 0 aliphatic heterocycles. The van der Waals surface area contributed by atoms with Crippen LogP contribution in [0.4, 0.5) is 5.69 Å². The maximum absolute atomic E-state index is 10.7. The van der Waals surface area contributed by atoms with Crippen molar-refractivity contribution < 1.29 is 4.92 Å². The van der Waals surface area contributed by atoms with Gasteiger partial charge in [0, 0.05) is 12.1 Å². The van der Waals surface area contributed by atoms with E-state index in [9.17, 15) is 10.1 Å². The number of benzene rings is 1. The molecule has 2 rings (SSSR count). The quantitative estimate of drug-likeness (QED) is 0.644. The van der Waals surface area contributed by atoms with Crippen LogP contribution in [0.3, 0.4) is 0 Å². The van der Waals surface area contributed by atoms with Gasteiger partial charge in [-0.05, 0) is 41.9 Å². The summed E-state index contributed by atoms with van der Waals surface area (Å²) in [5.74, 6) is 1.20. The fourth-order valence-corrected chi connectivity index (χ4v) is 1.87. The van der Waals surface area contributed by atoms with Crippen molar-refractivity contribution in [3.8, 4) is 5.69 Å². The van der Waals surface area contributed by atoms with Crippen molar-refractivity contribution in [2.24, 2.45) is 5.92 Å². The van der Waals surface area contributed by atoms with Gasteiger partial charge in [-0.1, -0.05) is 13.8 Å². The average Bonchev–Trinajstić information content (AvgIpc) is 2.94. The molecular weight excluding hydrogens is 272 g/mol. The van der Waals surface area contributed by atoms with Crippen LogP contribution in [0, 0.1) is 16.0 Å². The summed E-state index contributed by atoms with van der Waals surface area (Å²) in [6.07, 6.45) is 0. The third-order valence-electron chi connectivity index (χ3n) is 3.02. The Balaban J connectivity index is 2.21. The zero-order valence-corrected chi connectivity index (χ0v) is 12.2. The van der Waals surface area contributed by atoms with Gasteiger partial charge >= 0.3 is 0 Å². The maximum Gasteiger partial charge on any atom is 0.269 e. The van der Waals surface area contributed by atoms with Crippen molar-refractivity contribution in [3.63, 3.8) is 0 Å². The third-order valence-corrected chi connectivity index (χ3v) is 3.02. The van der Waals surface area contributed by atoms with Gasteiger partial charge in [0.2, 0.25) is 0 Å². The number of nitrogens with zero attached hydrogens (tertiary/aromatic N) is 5. The Labute approximate surface area is 122 Å². The van der Waals surface area contributed by atoms with Gasteiger partial charge in [-0.2, -0.15) is 4.68 Å². The third kappa shape index (κ3) is 3.60. The van der Waals surface area contributed by atoms with Crippen molar-refractivity contribution in [3.05, 3.63) is 40.2 Å². The molecular formula is C13H18N6O2. The van der Waals surface area contributed by atoms with E-state index in [1.165, 1.54) is 12.1 Å². The van der Waals surface area contributed by atoms with Crippen molar-refractivity contribution in [2.45, 2.75) is 26.8 Å². The highest BCUT2D eigenvalue weighted by Crippen LogP contribution is 2.17. The number of nitro groups is 1. The summed E-state index contributed by atoms with van der Waals surface area (Å²) in [6, 6.07) is 6.12. The highest BCUT2D eigenvalue weighted by Gasteiger charge is 2.16. The number of non-ortho nitro benzene ring substituents is 1. The van der Waals surface area contributed by atoms with Crippen LogP contribution in [-0.2, 0) is 0 Å². The molecule has 0 saturated heterocycles. The number of nitro benzene ring substituents is 1. The van der Waals surface area contributed by atoms with E-state index in [4.69, 9.17) is 0 Å². The first-order valence-corrected chi connectivity index (χ1v) is 6.75. The van der Waals surface area contributed by atoms with Gasteiger partial charge in [0.25, 0.3) is 5.69 Å². The Bertz CT molecular complexity index is 607. The molecule has 21 heavy (non-hydrogen) atoms. The van der Waals surface area contributed by atoms with Crippen LogP contribution < -0.4 is 5.32 Å². The van der Waals surface area contributed by atoms with Crippen molar-refractivity contribution in [1.82, 2.24) is 25.5 Å². The maximum atomic E-state index is 10.7. The highest BCUT2D eigenvalue weighted by atomic mass is 16.6. The lowest BCUT2D eigenvalue weighted by Crippen LogP contribution is -2.25. The summed E-state index contributed by atoms with van der Waals surface area (Å²) in [7, 11) is 0. The number of tetrazole rings is 1. The predicted molar refractivity (Wildman–Crippen MR) is 77.1 cm³/mol. The standard InChI is InChI=1S/C13H18N6O2/c1-9(2)8-14-10(3)13-15-16-17-18(13)11-4-6-12(7-5-11)19(20)21/h4-7,9-10,14H,8H2,1-3H3. The Morgan fingerprint density at radius 2 is 1.95 bits per heavy atom. The molecule has 0 radical (unpaired) electrons. The molecule has 8 nitrogen and oxygen atoms in total.